The summed E-state index contributed by atoms with van der Waals surface area (Å²) in [6.07, 6.45) is 3.03. The third-order valence-corrected chi connectivity index (χ3v) is 5.00. The van der Waals surface area contributed by atoms with Gasteiger partial charge in [0.15, 0.2) is 0 Å². The van der Waals surface area contributed by atoms with Crippen molar-refractivity contribution in [2.24, 2.45) is 5.14 Å². The highest BCUT2D eigenvalue weighted by Gasteiger charge is 2.41. The van der Waals surface area contributed by atoms with Crippen molar-refractivity contribution in [2.45, 2.75) is 42.4 Å². The number of carbonyl (C=O) groups excluding carboxylic acids is 1. The summed E-state index contributed by atoms with van der Waals surface area (Å²) < 4.78 is 28.4. The topological polar surface area (TPSA) is 98.5 Å². The van der Waals surface area contributed by atoms with Gasteiger partial charge in [0.1, 0.15) is 0 Å². The van der Waals surface area contributed by atoms with Crippen LogP contribution in [0.2, 0.25) is 5.02 Å². The average molecular weight is 331 g/mol. The SMILES string of the molecule is NS(=O)(=O)c1cc(Cl)cc(C(=O)NC2CC3CCC2O3)c1. The summed E-state index contributed by atoms with van der Waals surface area (Å²) in [5.74, 6) is -0.372. The molecule has 2 bridgehead atoms. The minimum atomic E-state index is -3.91. The molecular formula is C13H15ClN2O4S. The van der Waals surface area contributed by atoms with Crippen LogP contribution in [-0.2, 0) is 14.8 Å². The van der Waals surface area contributed by atoms with Gasteiger partial charge in [-0.05, 0) is 37.5 Å². The number of carbonyl (C=O) groups is 1. The van der Waals surface area contributed by atoms with Gasteiger partial charge in [-0.3, -0.25) is 4.79 Å². The van der Waals surface area contributed by atoms with Crippen LogP contribution in [-0.4, -0.2) is 32.6 Å². The van der Waals surface area contributed by atoms with Gasteiger partial charge in [-0.25, -0.2) is 13.6 Å². The largest absolute Gasteiger partial charge is 0.373 e. The number of ether oxygens (including phenoxy) is 1. The second-order valence-corrected chi connectivity index (χ2v) is 7.41. The van der Waals surface area contributed by atoms with E-state index in [9.17, 15) is 13.2 Å². The predicted molar refractivity (Wildman–Crippen MR) is 76.6 cm³/mol. The summed E-state index contributed by atoms with van der Waals surface area (Å²) >= 11 is 5.86. The van der Waals surface area contributed by atoms with E-state index < -0.39 is 10.0 Å². The van der Waals surface area contributed by atoms with Gasteiger partial charge in [-0.1, -0.05) is 11.6 Å². The smallest absolute Gasteiger partial charge is 0.251 e. The molecule has 3 N–H and O–H groups in total. The summed E-state index contributed by atoms with van der Waals surface area (Å²) in [5, 5.41) is 8.09. The molecule has 0 spiro atoms. The standard InChI is InChI=1S/C13H15ClN2O4S/c14-8-3-7(4-10(5-8)21(15,18)19)13(17)16-11-6-9-1-2-12(11)20-9/h3-5,9,11-12H,1-2,6H2,(H,16,17)(H2,15,18,19). The first-order valence-electron chi connectivity index (χ1n) is 6.62. The van der Waals surface area contributed by atoms with Gasteiger partial charge in [-0.15, -0.1) is 0 Å². The van der Waals surface area contributed by atoms with Crippen molar-refractivity contribution in [3.63, 3.8) is 0 Å². The highest BCUT2D eigenvalue weighted by atomic mass is 35.5. The Labute approximate surface area is 127 Å². The van der Waals surface area contributed by atoms with Crippen LogP contribution in [0.4, 0.5) is 0 Å². The molecule has 3 atom stereocenters. The Bertz CT molecular complexity index is 691. The zero-order valence-corrected chi connectivity index (χ0v) is 12.7. The molecule has 3 rings (SSSR count). The number of halogens is 1. The van der Waals surface area contributed by atoms with Crippen LogP contribution < -0.4 is 10.5 Å². The molecule has 2 saturated heterocycles. The van der Waals surface area contributed by atoms with Crippen molar-refractivity contribution < 1.29 is 17.9 Å². The molecule has 21 heavy (non-hydrogen) atoms. The molecule has 0 aliphatic carbocycles. The molecule has 8 heteroatoms. The maximum atomic E-state index is 12.2. The molecule has 1 aromatic rings. The van der Waals surface area contributed by atoms with Gasteiger partial charge < -0.3 is 10.1 Å². The van der Waals surface area contributed by atoms with E-state index in [2.05, 4.69) is 5.32 Å². The van der Waals surface area contributed by atoms with Crippen LogP contribution in [0, 0.1) is 0 Å². The number of nitrogens with one attached hydrogen (secondary N) is 1. The highest BCUT2D eigenvalue weighted by molar-refractivity contribution is 7.89. The van der Waals surface area contributed by atoms with Crippen molar-refractivity contribution in [2.75, 3.05) is 0 Å². The third kappa shape index (κ3) is 3.06. The zero-order valence-electron chi connectivity index (χ0n) is 11.1. The first kappa shape index (κ1) is 14.8. The number of hydrogen-bond acceptors (Lipinski definition) is 4. The lowest BCUT2D eigenvalue weighted by Gasteiger charge is -2.20. The van der Waals surface area contributed by atoms with E-state index in [0.29, 0.717) is 0 Å². The average Bonchev–Trinajstić information content (AvgIpc) is 2.99. The summed E-state index contributed by atoms with van der Waals surface area (Å²) in [6, 6.07) is 3.83. The fourth-order valence-electron chi connectivity index (χ4n) is 2.90. The lowest BCUT2D eigenvalue weighted by Crippen LogP contribution is -2.41. The van der Waals surface area contributed by atoms with E-state index in [1.54, 1.807) is 0 Å². The Morgan fingerprint density at radius 3 is 2.67 bits per heavy atom. The van der Waals surface area contributed by atoms with Crippen molar-refractivity contribution in [3.05, 3.63) is 28.8 Å². The first-order valence-corrected chi connectivity index (χ1v) is 8.55. The first-order chi connectivity index (χ1) is 9.83. The van der Waals surface area contributed by atoms with Gasteiger partial charge >= 0.3 is 0 Å². The van der Waals surface area contributed by atoms with E-state index in [1.807, 2.05) is 0 Å². The van der Waals surface area contributed by atoms with Crippen LogP contribution in [0.15, 0.2) is 23.1 Å². The number of fused-ring (bicyclic) bond motifs is 2. The van der Waals surface area contributed by atoms with E-state index in [1.165, 1.54) is 18.2 Å². The number of amides is 1. The molecule has 2 fully saturated rings. The minimum absolute atomic E-state index is 0.0341. The van der Waals surface area contributed by atoms with Crippen molar-refractivity contribution in [1.82, 2.24) is 5.32 Å². The normalized spacial score (nSPS) is 27.8. The molecule has 0 saturated carbocycles. The lowest BCUT2D eigenvalue weighted by molar-refractivity contribution is 0.0841. The molecule has 6 nitrogen and oxygen atoms in total. The number of rotatable bonds is 3. The monoisotopic (exact) mass is 330 g/mol. The highest BCUT2D eigenvalue weighted by Crippen LogP contribution is 2.34. The van der Waals surface area contributed by atoms with Gasteiger partial charge in [0.2, 0.25) is 10.0 Å². The molecule has 3 unspecified atom stereocenters. The summed E-state index contributed by atoms with van der Waals surface area (Å²) in [5.41, 5.74) is 0.175. The van der Waals surface area contributed by atoms with E-state index in [0.717, 1.165) is 19.3 Å². The molecular weight excluding hydrogens is 316 g/mol. The van der Waals surface area contributed by atoms with E-state index in [-0.39, 0.29) is 39.6 Å². The zero-order chi connectivity index (χ0) is 15.2. The second-order valence-electron chi connectivity index (χ2n) is 5.41. The Kier molecular flexibility index (Phi) is 3.69. The molecule has 2 heterocycles. The van der Waals surface area contributed by atoms with Crippen LogP contribution in [0.1, 0.15) is 29.6 Å². The number of hydrogen-bond donors (Lipinski definition) is 2. The number of benzene rings is 1. The Balaban J connectivity index is 1.80. The van der Waals surface area contributed by atoms with Gasteiger partial charge in [0.05, 0.1) is 23.1 Å². The van der Waals surface area contributed by atoms with Crippen LogP contribution in [0.5, 0.6) is 0 Å². The Morgan fingerprint density at radius 1 is 1.33 bits per heavy atom. The minimum Gasteiger partial charge on any atom is -0.373 e. The third-order valence-electron chi connectivity index (χ3n) is 3.88. The number of sulfonamides is 1. The Hall–Kier alpha value is -1.15. The quantitative estimate of drug-likeness (QED) is 0.865. The maximum absolute atomic E-state index is 12.2. The van der Waals surface area contributed by atoms with Gasteiger partial charge in [-0.2, -0.15) is 0 Å². The number of primary sulfonamides is 1. The van der Waals surface area contributed by atoms with Gasteiger partial charge in [0, 0.05) is 10.6 Å². The molecule has 2 aliphatic rings. The molecule has 1 amide bonds. The summed E-state index contributed by atoms with van der Waals surface area (Å²) in [7, 11) is -3.91. The summed E-state index contributed by atoms with van der Waals surface area (Å²) in [6.45, 7) is 0. The lowest BCUT2D eigenvalue weighted by atomic mass is 9.95. The number of nitrogens with two attached hydrogens (primary N) is 1. The van der Waals surface area contributed by atoms with Crippen molar-refractivity contribution >= 4 is 27.5 Å². The Morgan fingerprint density at radius 2 is 2.10 bits per heavy atom. The molecule has 1 aromatic carbocycles. The van der Waals surface area contributed by atoms with Crippen molar-refractivity contribution in [3.8, 4) is 0 Å². The molecule has 114 valence electrons. The predicted octanol–water partition coefficient (Wildman–Crippen LogP) is 1.04. The van der Waals surface area contributed by atoms with Gasteiger partial charge in [0.25, 0.3) is 5.91 Å². The second kappa shape index (κ2) is 5.24. The maximum Gasteiger partial charge on any atom is 0.251 e. The molecule has 0 radical (unpaired) electrons. The van der Waals surface area contributed by atoms with E-state index in [4.69, 9.17) is 21.5 Å². The fourth-order valence-corrected chi connectivity index (χ4v) is 3.78. The molecule has 0 aromatic heterocycles. The fraction of sp³-hybridized carbons (Fsp3) is 0.462. The van der Waals surface area contributed by atoms with Crippen LogP contribution in [0.3, 0.4) is 0 Å². The molecule has 2 aliphatic heterocycles. The summed E-state index contributed by atoms with van der Waals surface area (Å²) in [4.78, 5) is 12.1. The van der Waals surface area contributed by atoms with Crippen LogP contribution >= 0.6 is 11.6 Å². The van der Waals surface area contributed by atoms with Crippen LogP contribution in [0.25, 0.3) is 0 Å². The van der Waals surface area contributed by atoms with Crippen molar-refractivity contribution in [1.29, 1.82) is 0 Å². The van der Waals surface area contributed by atoms with E-state index >= 15 is 0 Å².